The Kier molecular flexibility index (Phi) is 3.46. The van der Waals surface area contributed by atoms with Gasteiger partial charge >= 0.3 is 5.97 Å². The fraction of sp³-hybridized carbons (Fsp3) is 0.0833. The Morgan fingerprint density at radius 2 is 2.16 bits per heavy atom. The van der Waals surface area contributed by atoms with Crippen LogP contribution in [-0.4, -0.2) is 28.2 Å². The van der Waals surface area contributed by atoms with Crippen LogP contribution >= 0.6 is 0 Å². The van der Waals surface area contributed by atoms with Gasteiger partial charge in [0.25, 0.3) is 5.56 Å². The molecule has 7 heteroatoms. The molecule has 0 atom stereocenters. The van der Waals surface area contributed by atoms with Gasteiger partial charge in [-0.05, 0) is 18.2 Å². The molecule has 0 radical (unpaired) electrons. The summed E-state index contributed by atoms with van der Waals surface area (Å²) in [6.45, 7) is 0. The van der Waals surface area contributed by atoms with Gasteiger partial charge in [0.2, 0.25) is 5.88 Å². The maximum Gasteiger partial charge on any atom is 0.339 e. The third-order valence-corrected chi connectivity index (χ3v) is 2.28. The molecule has 98 valence electrons. The number of aromatic nitrogens is 2. The van der Waals surface area contributed by atoms with E-state index < -0.39 is 11.5 Å². The Bertz CT molecular complexity index is 665. The van der Waals surface area contributed by atoms with Crippen LogP contribution in [0.1, 0.15) is 10.4 Å². The van der Waals surface area contributed by atoms with Crippen molar-refractivity contribution in [3.63, 3.8) is 0 Å². The lowest BCUT2D eigenvalue weighted by Crippen LogP contribution is -2.06. The van der Waals surface area contributed by atoms with E-state index in [4.69, 9.17) is 14.6 Å². The number of H-pyrrole nitrogens is 1. The SMILES string of the molecule is COc1ccc(Oc2cc(=O)[nH]cn2)c(C(=O)O)c1. The summed E-state index contributed by atoms with van der Waals surface area (Å²) >= 11 is 0. The summed E-state index contributed by atoms with van der Waals surface area (Å²) in [6, 6.07) is 5.43. The number of hydrogen-bond donors (Lipinski definition) is 2. The minimum Gasteiger partial charge on any atom is -0.497 e. The number of aromatic carboxylic acids is 1. The molecule has 0 amide bonds. The number of hydrogen-bond acceptors (Lipinski definition) is 5. The van der Waals surface area contributed by atoms with Crippen molar-refractivity contribution in [3.05, 3.63) is 46.5 Å². The molecule has 2 rings (SSSR count). The van der Waals surface area contributed by atoms with Crippen molar-refractivity contribution in [2.24, 2.45) is 0 Å². The summed E-state index contributed by atoms with van der Waals surface area (Å²) in [6.07, 6.45) is 1.17. The number of nitrogens with zero attached hydrogens (tertiary/aromatic N) is 1. The smallest absolute Gasteiger partial charge is 0.339 e. The Balaban J connectivity index is 2.39. The second kappa shape index (κ2) is 5.21. The Morgan fingerprint density at radius 3 is 2.79 bits per heavy atom. The van der Waals surface area contributed by atoms with Gasteiger partial charge in [0.05, 0.1) is 19.5 Å². The van der Waals surface area contributed by atoms with Crippen LogP contribution < -0.4 is 15.0 Å². The van der Waals surface area contributed by atoms with Crippen LogP contribution in [0.15, 0.2) is 35.4 Å². The van der Waals surface area contributed by atoms with Crippen LogP contribution in [0.25, 0.3) is 0 Å². The van der Waals surface area contributed by atoms with Crippen LogP contribution in [0.4, 0.5) is 0 Å². The van der Waals surface area contributed by atoms with Crippen molar-refractivity contribution >= 4 is 5.97 Å². The third-order valence-electron chi connectivity index (χ3n) is 2.28. The van der Waals surface area contributed by atoms with Crippen LogP contribution in [0, 0.1) is 0 Å². The van der Waals surface area contributed by atoms with Gasteiger partial charge in [0.15, 0.2) is 0 Å². The van der Waals surface area contributed by atoms with E-state index in [1.807, 2.05) is 0 Å². The Labute approximate surface area is 107 Å². The lowest BCUT2D eigenvalue weighted by Gasteiger charge is -2.08. The van der Waals surface area contributed by atoms with Gasteiger partial charge in [0, 0.05) is 0 Å². The van der Waals surface area contributed by atoms with E-state index in [-0.39, 0.29) is 17.2 Å². The van der Waals surface area contributed by atoms with E-state index in [9.17, 15) is 9.59 Å². The van der Waals surface area contributed by atoms with Gasteiger partial charge in [-0.15, -0.1) is 0 Å². The number of carboxylic acid groups (broad SMARTS) is 1. The molecule has 7 nitrogen and oxygen atoms in total. The monoisotopic (exact) mass is 262 g/mol. The number of methoxy groups -OCH3 is 1. The van der Waals surface area contributed by atoms with E-state index in [0.717, 1.165) is 6.07 Å². The zero-order valence-corrected chi connectivity index (χ0v) is 9.91. The first-order valence-electron chi connectivity index (χ1n) is 5.24. The lowest BCUT2D eigenvalue weighted by atomic mass is 10.2. The number of rotatable bonds is 4. The van der Waals surface area contributed by atoms with Crippen LogP contribution in [0.3, 0.4) is 0 Å². The molecule has 0 saturated carbocycles. The van der Waals surface area contributed by atoms with Crippen LogP contribution in [-0.2, 0) is 0 Å². The molecule has 0 unspecified atom stereocenters. The maximum atomic E-state index is 11.1. The Hall–Kier alpha value is -2.83. The Morgan fingerprint density at radius 1 is 1.37 bits per heavy atom. The molecule has 1 heterocycles. The first-order chi connectivity index (χ1) is 9.10. The quantitative estimate of drug-likeness (QED) is 0.860. The summed E-state index contributed by atoms with van der Waals surface area (Å²) in [7, 11) is 1.43. The maximum absolute atomic E-state index is 11.1. The highest BCUT2D eigenvalue weighted by molar-refractivity contribution is 5.91. The fourth-order valence-corrected chi connectivity index (χ4v) is 1.41. The van der Waals surface area contributed by atoms with Crippen molar-refractivity contribution in [3.8, 4) is 17.4 Å². The number of nitrogens with one attached hydrogen (secondary N) is 1. The minimum atomic E-state index is -1.17. The average Bonchev–Trinajstić information content (AvgIpc) is 2.39. The topological polar surface area (TPSA) is 102 Å². The second-order valence-corrected chi connectivity index (χ2v) is 3.52. The van der Waals surface area contributed by atoms with Gasteiger partial charge in [-0.25, -0.2) is 9.78 Å². The van der Waals surface area contributed by atoms with Crippen molar-refractivity contribution in [2.75, 3.05) is 7.11 Å². The summed E-state index contributed by atoms with van der Waals surface area (Å²) in [4.78, 5) is 28.3. The predicted molar refractivity (Wildman–Crippen MR) is 64.9 cm³/mol. The lowest BCUT2D eigenvalue weighted by molar-refractivity contribution is 0.0693. The summed E-state index contributed by atoms with van der Waals surface area (Å²) in [5.41, 5.74) is -0.475. The molecule has 0 saturated heterocycles. The van der Waals surface area contributed by atoms with Crippen LogP contribution in [0.2, 0.25) is 0 Å². The highest BCUT2D eigenvalue weighted by atomic mass is 16.5. The van der Waals surface area contributed by atoms with E-state index in [1.165, 1.54) is 25.6 Å². The number of ether oxygens (including phenoxy) is 2. The van der Waals surface area contributed by atoms with Gasteiger partial charge in [0.1, 0.15) is 17.1 Å². The number of carbonyl (C=O) groups is 1. The summed E-state index contributed by atoms with van der Waals surface area (Å²) in [5, 5.41) is 9.09. The third kappa shape index (κ3) is 2.89. The van der Waals surface area contributed by atoms with E-state index in [0.29, 0.717) is 5.75 Å². The van der Waals surface area contributed by atoms with E-state index >= 15 is 0 Å². The van der Waals surface area contributed by atoms with Crippen molar-refractivity contribution < 1.29 is 19.4 Å². The molecule has 1 aromatic carbocycles. The molecule has 0 fully saturated rings. The molecular weight excluding hydrogens is 252 g/mol. The van der Waals surface area contributed by atoms with Crippen molar-refractivity contribution in [2.45, 2.75) is 0 Å². The first kappa shape index (κ1) is 12.6. The van der Waals surface area contributed by atoms with Crippen molar-refractivity contribution in [1.82, 2.24) is 9.97 Å². The fourth-order valence-electron chi connectivity index (χ4n) is 1.41. The molecule has 0 aliphatic carbocycles. The van der Waals surface area contributed by atoms with Gasteiger partial charge in [-0.1, -0.05) is 0 Å². The van der Waals surface area contributed by atoms with E-state index in [1.54, 1.807) is 6.07 Å². The molecule has 0 bridgehead atoms. The molecule has 0 aliphatic rings. The molecular formula is C12H10N2O5. The summed E-state index contributed by atoms with van der Waals surface area (Å²) < 4.78 is 10.2. The zero-order valence-electron chi connectivity index (χ0n) is 9.91. The predicted octanol–water partition coefficient (Wildman–Crippen LogP) is 1.27. The number of carboxylic acids is 1. The largest absolute Gasteiger partial charge is 0.497 e. The molecule has 1 aromatic heterocycles. The molecule has 19 heavy (non-hydrogen) atoms. The normalized spacial score (nSPS) is 9.95. The highest BCUT2D eigenvalue weighted by Crippen LogP contribution is 2.27. The zero-order chi connectivity index (χ0) is 13.8. The standard InChI is InChI=1S/C12H10N2O5/c1-18-7-2-3-9(8(4-7)12(16)17)19-11-5-10(15)13-6-14-11/h2-6H,1H3,(H,16,17)(H,13,14,15). The van der Waals surface area contributed by atoms with Gasteiger partial charge < -0.3 is 19.6 Å². The second-order valence-electron chi connectivity index (χ2n) is 3.52. The minimum absolute atomic E-state index is 0.0106. The summed E-state index contributed by atoms with van der Waals surface area (Å²) in [5.74, 6) is -0.690. The van der Waals surface area contributed by atoms with Crippen molar-refractivity contribution in [1.29, 1.82) is 0 Å². The van der Waals surface area contributed by atoms with Gasteiger partial charge in [-0.2, -0.15) is 0 Å². The number of benzene rings is 1. The molecule has 0 spiro atoms. The number of aromatic amines is 1. The molecule has 2 N–H and O–H groups in total. The van der Waals surface area contributed by atoms with Crippen LogP contribution in [0.5, 0.6) is 17.4 Å². The molecule has 0 aliphatic heterocycles. The van der Waals surface area contributed by atoms with E-state index in [2.05, 4.69) is 9.97 Å². The first-order valence-corrected chi connectivity index (χ1v) is 5.24. The average molecular weight is 262 g/mol. The van der Waals surface area contributed by atoms with Gasteiger partial charge in [-0.3, -0.25) is 4.79 Å². The molecule has 2 aromatic rings. The highest BCUT2D eigenvalue weighted by Gasteiger charge is 2.14.